The molecular weight excluding hydrogens is 254 g/mol. The first kappa shape index (κ1) is 15.1. The van der Waals surface area contributed by atoms with E-state index in [2.05, 4.69) is 30.4 Å². The maximum atomic E-state index is 5.79. The Morgan fingerprint density at radius 3 is 2.80 bits per heavy atom. The molecular formula is C16H25NO3. The summed E-state index contributed by atoms with van der Waals surface area (Å²) in [6, 6.07) is 6.27. The van der Waals surface area contributed by atoms with Crippen molar-refractivity contribution in [3.8, 4) is 5.75 Å². The van der Waals surface area contributed by atoms with E-state index in [4.69, 9.17) is 14.2 Å². The fourth-order valence-corrected chi connectivity index (χ4v) is 2.33. The Balaban J connectivity index is 1.91. The summed E-state index contributed by atoms with van der Waals surface area (Å²) < 4.78 is 16.2. The third kappa shape index (κ3) is 4.69. The Morgan fingerprint density at radius 1 is 1.25 bits per heavy atom. The van der Waals surface area contributed by atoms with Crippen LogP contribution in [0.15, 0.2) is 18.2 Å². The predicted octanol–water partition coefficient (Wildman–Crippen LogP) is 2.86. The zero-order valence-electron chi connectivity index (χ0n) is 12.5. The molecule has 1 aromatic carbocycles. The molecule has 4 nitrogen and oxygen atoms in total. The molecule has 0 atom stereocenters. The Hall–Kier alpha value is -1.26. The van der Waals surface area contributed by atoms with Gasteiger partial charge < -0.3 is 19.5 Å². The van der Waals surface area contributed by atoms with Crippen LogP contribution in [0.2, 0.25) is 0 Å². The maximum absolute atomic E-state index is 5.79. The van der Waals surface area contributed by atoms with Crippen LogP contribution in [0.4, 0.5) is 5.69 Å². The van der Waals surface area contributed by atoms with Gasteiger partial charge in [-0.3, -0.25) is 0 Å². The lowest BCUT2D eigenvalue weighted by Gasteiger charge is -2.23. The average molecular weight is 279 g/mol. The molecule has 1 N–H and O–H groups in total. The van der Waals surface area contributed by atoms with E-state index in [-0.39, 0.29) is 0 Å². The molecule has 0 aliphatic carbocycles. The number of ether oxygens (including phenoxy) is 3. The van der Waals surface area contributed by atoms with Crippen molar-refractivity contribution in [3.05, 3.63) is 23.8 Å². The van der Waals surface area contributed by atoms with E-state index in [1.807, 2.05) is 0 Å². The normalized spacial score (nSPS) is 16.1. The number of benzene rings is 1. The second-order valence-electron chi connectivity index (χ2n) is 5.28. The van der Waals surface area contributed by atoms with E-state index < -0.39 is 0 Å². The largest absolute Gasteiger partial charge is 0.489 e. The Kier molecular flexibility index (Phi) is 6.15. The van der Waals surface area contributed by atoms with E-state index >= 15 is 0 Å². The highest BCUT2D eigenvalue weighted by atomic mass is 16.5. The number of nitrogens with one attached hydrogen (secondary N) is 1. The number of hydrogen-bond acceptors (Lipinski definition) is 4. The summed E-state index contributed by atoms with van der Waals surface area (Å²) in [6.07, 6.45) is 2.28. The molecule has 1 aliphatic rings. The lowest BCUT2D eigenvalue weighted by atomic mass is 10.0. The van der Waals surface area contributed by atoms with E-state index in [1.54, 1.807) is 7.11 Å². The summed E-state index contributed by atoms with van der Waals surface area (Å²) in [5.74, 6) is 1.60. The maximum Gasteiger partial charge on any atom is 0.142 e. The van der Waals surface area contributed by atoms with Crippen molar-refractivity contribution in [1.82, 2.24) is 0 Å². The molecule has 1 saturated heterocycles. The molecule has 0 bridgehead atoms. The van der Waals surface area contributed by atoms with Gasteiger partial charge in [0.15, 0.2) is 0 Å². The third-order valence-corrected chi connectivity index (χ3v) is 3.60. The molecule has 1 fully saturated rings. The minimum Gasteiger partial charge on any atom is -0.489 e. The molecule has 4 heteroatoms. The van der Waals surface area contributed by atoms with Crippen molar-refractivity contribution >= 4 is 5.69 Å². The highest BCUT2D eigenvalue weighted by Gasteiger charge is 2.14. The molecule has 0 saturated carbocycles. The van der Waals surface area contributed by atoms with Crippen LogP contribution in [-0.4, -0.2) is 40.1 Å². The summed E-state index contributed by atoms with van der Waals surface area (Å²) >= 11 is 0. The van der Waals surface area contributed by atoms with Gasteiger partial charge in [-0.05, 0) is 43.4 Å². The molecule has 0 amide bonds. The first-order valence-corrected chi connectivity index (χ1v) is 7.33. The van der Waals surface area contributed by atoms with Crippen LogP contribution >= 0.6 is 0 Å². The van der Waals surface area contributed by atoms with Crippen LogP contribution in [0.25, 0.3) is 0 Å². The van der Waals surface area contributed by atoms with Gasteiger partial charge in [0, 0.05) is 26.9 Å². The standard InChI is InChI=1S/C16H25NO3/c1-13-3-4-15(16(11-13)20-10-9-18-2)17-12-14-5-7-19-8-6-14/h3-4,11,14,17H,5-10,12H2,1-2H3. The monoisotopic (exact) mass is 279 g/mol. The van der Waals surface area contributed by atoms with E-state index in [1.165, 1.54) is 5.56 Å². The van der Waals surface area contributed by atoms with Crippen molar-refractivity contribution in [2.24, 2.45) is 5.92 Å². The highest BCUT2D eigenvalue weighted by Crippen LogP contribution is 2.27. The van der Waals surface area contributed by atoms with Crippen LogP contribution in [-0.2, 0) is 9.47 Å². The highest BCUT2D eigenvalue weighted by molar-refractivity contribution is 5.57. The fraction of sp³-hybridized carbons (Fsp3) is 0.625. The van der Waals surface area contributed by atoms with Crippen LogP contribution < -0.4 is 10.1 Å². The number of anilines is 1. The summed E-state index contributed by atoms with van der Waals surface area (Å²) in [5, 5.41) is 3.52. The molecule has 0 aromatic heterocycles. The van der Waals surface area contributed by atoms with Gasteiger partial charge in [0.25, 0.3) is 0 Å². The Labute approximate surface area is 121 Å². The van der Waals surface area contributed by atoms with Crippen molar-refractivity contribution in [1.29, 1.82) is 0 Å². The summed E-state index contributed by atoms with van der Waals surface area (Å²) in [6.45, 7) is 6.01. The average Bonchev–Trinajstić information content (AvgIpc) is 2.48. The summed E-state index contributed by atoms with van der Waals surface area (Å²) in [7, 11) is 1.68. The Bertz CT molecular complexity index is 403. The van der Waals surface area contributed by atoms with Crippen LogP contribution in [0, 0.1) is 12.8 Å². The van der Waals surface area contributed by atoms with Crippen molar-refractivity contribution in [2.75, 3.05) is 45.4 Å². The molecule has 1 aromatic rings. The topological polar surface area (TPSA) is 39.7 Å². The quantitative estimate of drug-likeness (QED) is 0.779. The van der Waals surface area contributed by atoms with Crippen LogP contribution in [0.3, 0.4) is 0 Å². The second kappa shape index (κ2) is 8.12. The van der Waals surface area contributed by atoms with Crippen molar-refractivity contribution in [3.63, 3.8) is 0 Å². The summed E-state index contributed by atoms with van der Waals surface area (Å²) in [5.41, 5.74) is 2.27. The molecule has 0 spiro atoms. The molecule has 1 aliphatic heterocycles. The second-order valence-corrected chi connectivity index (χ2v) is 5.28. The lowest BCUT2D eigenvalue weighted by molar-refractivity contribution is 0.0699. The zero-order chi connectivity index (χ0) is 14.2. The van der Waals surface area contributed by atoms with Crippen LogP contribution in [0.5, 0.6) is 5.75 Å². The number of hydrogen-bond donors (Lipinski definition) is 1. The van der Waals surface area contributed by atoms with Gasteiger partial charge in [0.2, 0.25) is 0 Å². The number of rotatable bonds is 7. The minimum atomic E-state index is 0.575. The van der Waals surface area contributed by atoms with E-state index in [0.29, 0.717) is 19.1 Å². The predicted molar refractivity (Wildman–Crippen MR) is 80.6 cm³/mol. The summed E-state index contributed by atoms with van der Waals surface area (Å²) in [4.78, 5) is 0. The van der Waals surface area contributed by atoms with Gasteiger partial charge in [-0.2, -0.15) is 0 Å². The first-order valence-electron chi connectivity index (χ1n) is 7.33. The molecule has 2 rings (SSSR count). The number of aryl methyl sites for hydroxylation is 1. The van der Waals surface area contributed by atoms with Gasteiger partial charge in [-0.25, -0.2) is 0 Å². The molecule has 20 heavy (non-hydrogen) atoms. The molecule has 112 valence electrons. The number of methoxy groups -OCH3 is 1. The van der Waals surface area contributed by atoms with Crippen molar-refractivity contribution < 1.29 is 14.2 Å². The molecule has 0 radical (unpaired) electrons. The van der Waals surface area contributed by atoms with Gasteiger partial charge >= 0.3 is 0 Å². The van der Waals surface area contributed by atoms with Crippen molar-refractivity contribution in [2.45, 2.75) is 19.8 Å². The molecule has 0 unspecified atom stereocenters. The van der Waals surface area contributed by atoms with Gasteiger partial charge in [0.1, 0.15) is 12.4 Å². The lowest BCUT2D eigenvalue weighted by Crippen LogP contribution is -2.22. The SMILES string of the molecule is COCCOc1cc(C)ccc1NCC1CCOCC1. The third-order valence-electron chi connectivity index (χ3n) is 3.60. The van der Waals surface area contributed by atoms with E-state index in [9.17, 15) is 0 Å². The fourth-order valence-electron chi connectivity index (χ4n) is 2.33. The molecule has 1 heterocycles. The Morgan fingerprint density at radius 2 is 2.05 bits per heavy atom. The minimum absolute atomic E-state index is 0.575. The smallest absolute Gasteiger partial charge is 0.142 e. The van der Waals surface area contributed by atoms with Gasteiger partial charge in [-0.1, -0.05) is 6.07 Å². The zero-order valence-corrected chi connectivity index (χ0v) is 12.5. The van der Waals surface area contributed by atoms with Gasteiger partial charge in [-0.15, -0.1) is 0 Å². The van der Waals surface area contributed by atoms with Gasteiger partial charge in [0.05, 0.1) is 12.3 Å². The van der Waals surface area contributed by atoms with E-state index in [0.717, 1.165) is 44.0 Å². The first-order chi connectivity index (χ1) is 9.79. The van der Waals surface area contributed by atoms with Crippen LogP contribution in [0.1, 0.15) is 18.4 Å².